The van der Waals surface area contributed by atoms with Crippen molar-refractivity contribution in [1.82, 2.24) is 25.3 Å². The van der Waals surface area contributed by atoms with Gasteiger partial charge in [0.25, 0.3) is 5.91 Å². The molecule has 0 radical (unpaired) electrons. The fourth-order valence-corrected chi connectivity index (χ4v) is 10.7. The van der Waals surface area contributed by atoms with E-state index in [-0.39, 0.29) is 72.8 Å². The number of rotatable bonds is 29. The van der Waals surface area contributed by atoms with Gasteiger partial charge in [-0.2, -0.15) is 0 Å². The number of carbonyl (C=O) groups excluding carboxylic acids is 3. The summed E-state index contributed by atoms with van der Waals surface area (Å²) in [6, 6.07) is 6.17. The van der Waals surface area contributed by atoms with Gasteiger partial charge >= 0.3 is 35.0 Å². The van der Waals surface area contributed by atoms with Crippen LogP contribution < -0.4 is 5.32 Å². The van der Waals surface area contributed by atoms with Gasteiger partial charge in [0, 0.05) is 83.3 Å². The number of nitrogens with zero attached hydrogens (tertiary/aromatic N) is 2. The molecule has 0 spiro atoms. The van der Waals surface area contributed by atoms with Crippen molar-refractivity contribution in [2.45, 2.75) is 191 Å². The minimum atomic E-state index is -0.503. The number of methoxy groups -OCH3 is 1. The molecule has 0 fully saturated rings. The average molecular weight is 1040 g/mol. The van der Waals surface area contributed by atoms with Crippen LogP contribution in [0.25, 0.3) is 39.3 Å². The van der Waals surface area contributed by atoms with Crippen LogP contribution in [0.2, 0.25) is 0 Å². The Bertz CT molecular complexity index is 2640. The first-order valence-corrected chi connectivity index (χ1v) is 27.9. The van der Waals surface area contributed by atoms with Gasteiger partial charge in [-0.3, -0.25) is 19.4 Å². The molecular weight excluding hydrogens is 951 g/mol. The summed E-state index contributed by atoms with van der Waals surface area (Å²) in [5.74, 6) is 0.612. The number of fused-ring (bicyclic) bond motifs is 8. The smallest absolute Gasteiger partial charge is 0.469 e. The van der Waals surface area contributed by atoms with Crippen molar-refractivity contribution in [3.63, 3.8) is 0 Å². The monoisotopic (exact) mass is 1040 g/mol. The summed E-state index contributed by atoms with van der Waals surface area (Å²) in [4.78, 5) is 59.9. The number of allylic oxidation sites excluding steroid dienone is 2. The predicted octanol–water partition coefficient (Wildman–Crippen LogP) is 13.9. The zero-order chi connectivity index (χ0) is 54.1. The summed E-state index contributed by atoms with van der Waals surface area (Å²) in [5.41, 5.74) is 12.8. The standard InChI is InChI=1S/C62H91N5O7.Mg/c1-15-46-42(10)50-35-52-44(12)48(28-29-56(68)74-33-31-41(9)27-21-26-40(8)25-20-24-39(7)23-19-22-38(5)6)60(66-52)49(34-57(69)71-14)61-59(62(70)63-32-30-58(72-17-3)73-18-4)45(13)53(67-61)37-55-47(16-2)43(11)51(65-55)36-54(46)64-50;/h15,31,35-40,44,48,58,64-65H,1,16-30,32-34H2,2-14H3,(H,63,70);/q;+2/b41-31+,50-35?,51-36?,52-35?,53-37?,54-36?,55-37?,60-49?,61-49?;. The minimum Gasteiger partial charge on any atom is -0.469 e. The quantitative estimate of drug-likeness (QED) is 0.0266. The van der Waals surface area contributed by atoms with Gasteiger partial charge in [0.2, 0.25) is 0 Å². The molecule has 3 aromatic rings. The van der Waals surface area contributed by atoms with Crippen molar-refractivity contribution in [3.05, 3.63) is 87.0 Å². The molecular formula is C62H91MgN5O7+2. The first-order chi connectivity index (χ1) is 35.4. The van der Waals surface area contributed by atoms with Gasteiger partial charge in [-0.15, -0.1) is 0 Å². The second-order valence-corrected chi connectivity index (χ2v) is 21.4. The van der Waals surface area contributed by atoms with Crippen molar-refractivity contribution in [2.75, 3.05) is 33.5 Å². The summed E-state index contributed by atoms with van der Waals surface area (Å²) in [6.07, 6.45) is 16.2. The Labute approximate surface area is 465 Å². The Balaban J connectivity index is 0.0000122. The fraction of sp³-hybridized carbons (Fsp3) is 0.597. The number of hydrogen-bond donors (Lipinski definition) is 3. The maximum absolute atomic E-state index is 14.7. The molecule has 0 saturated heterocycles. The number of aryl methyl sites for hydroxylation is 3. The first-order valence-electron chi connectivity index (χ1n) is 27.9. The molecule has 4 unspecified atom stereocenters. The van der Waals surface area contributed by atoms with Crippen LogP contribution in [0.3, 0.4) is 0 Å². The van der Waals surface area contributed by atoms with E-state index in [0.717, 1.165) is 81.1 Å². The van der Waals surface area contributed by atoms with E-state index >= 15 is 0 Å². The zero-order valence-electron chi connectivity index (χ0n) is 48.2. The topological polar surface area (TPSA) is 158 Å². The summed E-state index contributed by atoms with van der Waals surface area (Å²) >= 11 is 0. The number of nitrogens with one attached hydrogen (secondary N) is 3. The normalized spacial score (nSPS) is 15.5. The third-order valence-corrected chi connectivity index (χ3v) is 15.4. The number of amides is 1. The van der Waals surface area contributed by atoms with Gasteiger partial charge < -0.3 is 34.2 Å². The molecule has 13 heteroatoms. The largest absolute Gasteiger partial charge is 2.00 e. The number of esters is 2. The van der Waals surface area contributed by atoms with Gasteiger partial charge in [-0.1, -0.05) is 105 Å². The van der Waals surface area contributed by atoms with Crippen LogP contribution in [0.4, 0.5) is 0 Å². The van der Waals surface area contributed by atoms with E-state index in [9.17, 15) is 14.4 Å². The van der Waals surface area contributed by atoms with Crippen molar-refractivity contribution in [2.24, 2.45) is 17.8 Å². The fourth-order valence-electron chi connectivity index (χ4n) is 10.7. The van der Waals surface area contributed by atoms with Crippen LogP contribution >= 0.6 is 0 Å². The Kier molecular flexibility index (Phi) is 26.0. The summed E-state index contributed by atoms with van der Waals surface area (Å²) in [6.45, 7) is 31.3. The molecule has 0 aromatic carbocycles. The molecule has 3 N–H and O–H groups in total. The van der Waals surface area contributed by atoms with Crippen molar-refractivity contribution < 1.29 is 33.3 Å². The molecule has 2 aliphatic rings. The number of carbonyl (C=O) groups is 3. The number of hydrogen-bond acceptors (Lipinski definition) is 9. The van der Waals surface area contributed by atoms with E-state index in [1.807, 2.05) is 39.0 Å². The van der Waals surface area contributed by atoms with E-state index < -0.39 is 12.3 Å². The molecule has 12 nitrogen and oxygen atoms in total. The number of H-pyrrole nitrogens is 2. The maximum Gasteiger partial charge on any atom is 2.00 e. The minimum absolute atomic E-state index is 0. The van der Waals surface area contributed by atoms with E-state index in [1.165, 1.54) is 57.6 Å². The first kappa shape index (κ1) is 63.0. The molecule has 3 aromatic heterocycles. The van der Waals surface area contributed by atoms with E-state index in [4.69, 9.17) is 28.9 Å². The molecule has 406 valence electrons. The molecule has 0 aliphatic carbocycles. The third kappa shape index (κ3) is 17.5. The van der Waals surface area contributed by atoms with Crippen LogP contribution in [0, 0.1) is 31.6 Å². The maximum atomic E-state index is 14.7. The summed E-state index contributed by atoms with van der Waals surface area (Å²) in [5, 5.41) is 3.11. The summed E-state index contributed by atoms with van der Waals surface area (Å²) in [7, 11) is 1.35. The number of aromatic nitrogens is 4. The zero-order valence-corrected chi connectivity index (χ0v) is 49.7. The van der Waals surface area contributed by atoms with Crippen LogP contribution in [-0.4, -0.2) is 101 Å². The Hall–Kier alpha value is -4.56. The van der Waals surface area contributed by atoms with Crippen LogP contribution in [-0.2, 0) is 46.2 Å². The molecule has 0 saturated carbocycles. The Morgan fingerprint density at radius 2 is 1.43 bits per heavy atom. The molecule has 1 amide bonds. The van der Waals surface area contributed by atoms with E-state index in [1.54, 1.807) is 0 Å². The van der Waals surface area contributed by atoms with E-state index in [2.05, 4.69) is 96.3 Å². The molecule has 5 heterocycles. The number of ether oxygens (including phenoxy) is 4. The molecule has 2 aliphatic heterocycles. The van der Waals surface area contributed by atoms with Crippen LogP contribution in [0.15, 0.2) is 36.4 Å². The second-order valence-electron chi connectivity index (χ2n) is 21.4. The average Bonchev–Trinajstić information content (AvgIpc) is 4.04. The predicted molar refractivity (Wildman–Crippen MR) is 308 cm³/mol. The SMILES string of the molecule is C=Cc1c(C)c2cc3nc(c(CC(=O)OC)c4nc(cc5[nH]c(cc1[nH]2)c(C)c5CC)C(C)=C4C(=O)NCCC(OCC)OCC)C(CCC(=O)OC/C=C(\C)CCCC(C)CCCC(C)CCCC(C)C)C3C.[Mg+2]. The van der Waals surface area contributed by atoms with Crippen molar-refractivity contribution in [1.29, 1.82) is 0 Å². The summed E-state index contributed by atoms with van der Waals surface area (Å²) < 4.78 is 22.8. The van der Waals surface area contributed by atoms with Crippen molar-refractivity contribution >= 4 is 80.2 Å². The van der Waals surface area contributed by atoms with Gasteiger partial charge in [0.05, 0.1) is 36.2 Å². The molecule has 4 atom stereocenters. The molecule has 8 bridgehead atoms. The number of aromatic amines is 2. The van der Waals surface area contributed by atoms with E-state index in [0.29, 0.717) is 65.8 Å². The van der Waals surface area contributed by atoms with Crippen molar-refractivity contribution in [3.8, 4) is 0 Å². The third-order valence-electron chi connectivity index (χ3n) is 15.4. The Morgan fingerprint density at radius 1 is 0.787 bits per heavy atom. The molecule has 5 rings (SSSR count). The Morgan fingerprint density at radius 3 is 2.05 bits per heavy atom. The molecule has 75 heavy (non-hydrogen) atoms. The van der Waals surface area contributed by atoms with Gasteiger partial charge in [-0.05, 0) is 132 Å². The van der Waals surface area contributed by atoms with Gasteiger partial charge in [0.15, 0.2) is 6.29 Å². The van der Waals surface area contributed by atoms with Crippen LogP contribution in [0.5, 0.6) is 0 Å². The second kappa shape index (κ2) is 31.0. The van der Waals surface area contributed by atoms with Gasteiger partial charge in [-0.25, -0.2) is 4.98 Å². The van der Waals surface area contributed by atoms with Gasteiger partial charge in [0.1, 0.15) is 6.61 Å². The van der Waals surface area contributed by atoms with Crippen LogP contribution in [0.1, 0.15) is 209 Å².